The Labute approximate surface area is 179 Å². The van der Waals surface area contributed by atoms with E-state index in [-0.39, 0.29) is 11.7 Å². The van der Waals surface area contributed by atoms with Gasteiger partial charge in [-0.15, -0.1) is 0 Å². The van der Waals surface area contributed by atoms with E-state index in [4.69, 9.17) is 9.40 Å². The number of carbonyl (C=O) groups is 1. The second-order valence-corrected chi connectivity index (χ2v) is 7.72. The van der Waals surface area contributed by atoms with Gasteiger partial charge < -0.3 is 9.52 Å². The first-order valence-corrected chi connectivity index (χ1v) is 10.2. The number of benzene rings is 2. The molecule has 3 heterocycles. The maximum atomic E-state index is 13.2. The highest BCUT2D eigenvalue weighted by atomic mass is 16.3. The number of furan rings is 1. The van der Waals surface area contributed by atoms with Crippen LogP contribution in [0.15, 0.2) is 77.5 Å². The maximum Gasteiger partial charge on any atom is 0.359 e. The van der Waals surface area contributed by atoms with E-state index in [0.29, 0.717) is 24.4 Å². The van der Waals surface area contributed by atoms with Crippen molar-refractivity contribution in [3.8, 4) is 17.0 Å². The third-order valence-electron chi connectivity index (χ3n) is 5.65. The molecule has 0 saturated heterocycles. The van der Waals surface area contributed by atoms with Crippen LogP contribution in [0, 0.1) is 6.92 Å². The maximum absolute atomic E-state index is 13.2. The number of carbonyl (C=O) groups excluding carboxylic acids is 1. The van der Waals surface area contributed by atoms with Gasteiger partial charge in [0.1, 0.15) is 29.1 Å². The first-order chi connectivity index (χ1) is 15.1. The topological polar surface area (TPSA) is 79.2 Å². The average Bonchev–Trinajstić information content (AvgIpc) is 3.40. The summed E-state index contributed by atoms with van der Waals surface area (Å²) in [5.74, 6) is 1.60. The number of hydrogen-bond acceptors (Lipinski definition) is 5. The number of nitrogens with zero attached hydrogens (tertiary/aromatic N) is 2. The largest absolute Gasteiger partial charge is 0.508 e. The number of anilines is 1. The van der Waals surface area contributed by atoms with Crippen molar-refractivity contribution in [1.82, 2.24) is 4.98 Å². The summed E-state index contributed by atoms with van der Waals surface area (Å²) in [4.78, 5) is 18.2. The minimum Gasteiger partial charge on any atom is -0.508 e. The van der Waals surface area contributed by atoms with E-state index in [1.807, 2.05) is 55.5 Å². The molecule has 31 heavy (non-hydrogen) atoms. The number of hydrogen-bond donors (Lipinski definition) is 2. The van der Waals surface area contributed by atoms with Gasteiger partial charge in [-0.3, -0.25) is 5.32 Å². The first kappa shape index (κ1) is 19.1. The molecule has 0 spiro atoms. The van der Waals surface area contributed by atoms with E-state index in [1.165, 1.54) is 0 Å². The third kappa shape index (κ3) is 3.57. The molecule has 1 unspecified atom stereocenters. The van der Waals surface area contributed by atoms with E-state index in [1.54, 1.807) is 29.2 Å². The predicted octanol–water partition coefficient (Wildman–Crippen LogP) is 3.91. The summed E-state index contributed by atoms with van der Waals surface area (Å²) >= 11 is 0. The van der Waals surface area contributed by atoms with E-state index in [2.05, 4.69) is 5.32 Å². The lowest BCUT2D eigenvalue weighted by Crippen LogP contribution is -2.44. The van der Waals surface area contributed by atoms with Gasteiger partial charge in [-0.25, -0.2) is 9.78 Å². The van der Waals surface area contributed by atoms with Crippen LogP contribution in [-0.4, -0.2) is 22.0 Å². The zero-order valence-electron chi connectivity index (χ0n) is 17.1. The monoisotopic (exact) mass is 412 g/mol. The molecule has 0 radical (unpaired) electrons. The molecule has 0 amide bonds. The lowest BCUT2D eigenvalue weighted by Gasteiger charge is -2.10. The Balaban J connectivity index is 1.60. The number of nitrogens with one attached hydrogen (secondary N) is 1. The highest BCUT2D eigenvalue weighted by molar-refractivity contribution is 5.83. The van der Waals surface area contributed by atoms with Gasteiger partial charge in [-0.2, -0.15) is 4.57 Å². The van der Waals surface area contributed by atoms with Gasteiger partial charge >= 0.3 is 11.7 Å². The third-order valence-corrected chi connectivity index (χ3v) is 5.65. The average molecular weight is 412 g/mol. The summed E-state index contributed by atoms with van der Waals surface area (Å²) in [5.41, 5.74) is 4.06. The number of fused-ring (bicyclic) bond motifs is 1. The van der Waals surface area contributed by atoms with Crippen LogP contribution in [0.2, 0.25) is 0 Å². The zero-order chi connectivity index (χ0) is 21.4. The van der Waals surface area contributed by atoms with E-state index in [0.717, 1.165) is 28.1 Å². The molecule has 0 bridgehead atoms. The van der Waals surface area contributed by atoms with Crippen LogP contribution in [0.3, 0.4) is 0 Å². The van der Waals surface area contributed by atoms with Crippen LogP contribution in [0.5, 0.6) is 5.75 Å². The molecule has 0 aliphatic carbocycles. The molecule has 6 nitrogen and oxygen atoms in total. The summed E-state index contributed by atoms with van der Waals surface area (Å²) in [6, 6.07) is 18.6. The predicted molar refractivity (Wildman–Crippen MR) is 116 cm³/mol. The van der Waals surface area contributed by atoms with Gasteiger partial charge in [0.25, 0.3) is 0 Å². The molecule has 1 atom stereocenters. The molecule has 0 fully saturated rings. The van der Waals surface area contributed by atoms with E-state index < -0.39 is 6.04 Å². The number of rotatable bonds is 5. The van der Waals surface area contributed by atoms with Crippen LogP contribution in [0.1, 0.15) is 27.4 Å². The molecule has 6 heteroatoms. The summed E-state index contributed by atoms with van der Waals surface area (Å²) < 4.78 is 7.10. The Morgan fingerprint density at radius 1 is 1.10 bits per heavy atom. The van der Waals surface area contributed by atoms with Crippen molar-refractivity contribution < 1.29 is 18.9 Å². The highest BCUT2D eigenvalue weighted by Gasteiger charge is 2.41. The molecule has 2 N–H and O–H groups in total. The number of phenols is 1. The lowest BCUT2D eigenvalue weighted by molar-refractivity contribution is -0.552. The highest BCUT2D eigenvalue weighted by Crippen LogP contribution is 2.30. The normalized spacial score (nSPS) is 15.0. The molecule has 4 aromatic rings. The Kier molecular flexibility index (Phi) is 4.75. The molecule has 0 saturated carbocycles. The molecule has 2 aromatic carbocycles. The van der Waals surface area contributed by atoms with Crippen LogP contribution < -0.4 is 9.88 Å². The molecule has 2 aromatic heterocycles. The van der Waals surface area contributed by atoms with Gasteiger partial charge in [0, 0.05) is 17.5 Å². The van der Waals surface area contributed by atoms with Crippen LogP contribution in [0.25, 0.3) is 11.3 Å². The second-order valence-electron chi connectivity index (χ2n) is 7.72. The van der Waals surface area contributed by atoms with Crippen molar-refractivity contribution in [2.75, 3.05) is 5.32 Å². The Hall–Kier alpha value is -3.93. The molecule has 154 valence electrons. The molecular formula is C25H22N3O3+. The van der Waals surface area contributed by atoms with E-state index >= 15 is 0 Å². The SMILES string of the molecule is Cc1c(O)cccc1-c1c[n+]2c(c(Cc3ccccc3)n1)NC(Cc1ccco1)C2=O. The van der Waals surface area contributed by atoms with Gasteiger partial charge in [0.05, 0.1) is 12.7 Å². The fourth-order valence-electron chi connectivity index (χ4n) is 3.99. The van der Waals surface area contributed by atoms with Crippen LogP contribution >= 0.6 is 0 Å². The van der Waals surface area contributed by atoms with Crippen LogP contribution in [-0.2, 0) is 12.8 Å². The van der Waals surface area contributed by atoms with Gasteiger partial charge in [-0.05, 0) is 30.7 Å². The van der Waals surface area contributed by atoms with Gasteiger partial charge in [-0.1, -0.05) is 42.5 Å². The number of aromatic nitrogens is 2. The molecule has 5 rings (SSSR count). The van der Waals surface area contributed by atoms with Crippen LogP contribution in [0.4, 0.5) is 5.82 Å². The standard InChI is InChI=1S/C25H21N3O3/c1-16-19(10-5-11-23(16)29)22-15-28-24(20(26-22)13-17-7-3-2-4-8-17)27-21(25(28)30)14-18-9-6-12-31-18/h2-12,15,21,29H,13-14H2,1H3/p+1. The first-order valence-electron chi connectivity index (χ1n) is 10.2. The Bertz CT molecular complexity index is 1250. The Morgan fingerprint density at radius 3 is 2.71 bits per heavy atom. The van der Waals surface area contributed by atoms with Crippen molar-refractivity contribution in [2.45, 2.75) is 25.8 Å². The van der Waals surface area contributed by atoms with E-state index in [9.17, 15) is 9.90 Å². The number of aromatic hydroxyl groups is 1. The van der Waals surface area contributed by atoms with Gasteiger partial charge in [0.15, 0.2) is 0 Å². The summed E-state index contributed by atoms with van der Waals surface area (Å²) in [6.45, 7) is 1.85. The van der Waals surface area contributed by atoms with Crippen molar-refractivity contribution >= 4 is 11.7 Å². The van der Waals surface area contributed by atoms with Crippen molar-refractivity contribution in [1.29, 1.82) is 0 Å². The van der Waals surface area contributed by atoms with Crippen molar-refractivity contribution in [2.24, 2.45) is 0 Å². The summed E-state index contributed by atoms with van der Waals surface area (Å²) in [7, 11) is 0. The summed E-state index contributed by atoms with van der Waals surface area (Å²) in [6.07, 6.45) is 4.40. The fourth-order valence-corrected chi connectivity index (χ4v) is 3.99. The minimum atomic E-state index is -0.428. The zero-order valence-corrected chi connectivity index (χ0v) is 17.1. The van der Waals surface area contributed by atoms with Crippen molar-refractivity contribution in [3.63, 3.8) is 0 Å². The second kappa shape index (κ2) is 7.72. The molecular weight excluding hydrogens is 390 g/mol. The van der Waals surface area contributed by atoms with Crippen molar-refractivity contribution in [3.05, 3.63) is 95.7 Å². The molecule has 1 aliphatic rings. The Morgan fingerprint density at radius 2 is 1.94 bits per heavy atom. The van der Waals surface area contributed by atoms with Gasteiger partial charge in [0.2, 0.25) is 6.04 Å². The molecule has 1 aliphatic heterocycles. The number of phenolic OH excluding ortho intramolecular Hbond substituents is 1. The minimum absolute atomic E-state index is 0.0535. The fraction of sp³-hybridized carbons (Fsp3) is 0.160. The summed E-state index contributed by atoms with van der Waals surface area (Å²) in [5, 5.41) is 13.5. The quantitative estimate of drug-likeness (QED) is 0.486. The smallest absolute Gasteiger partial charge is 0.359 e. The lowest BCUT2D eigenvalue weighted by atomic mass is 10.0.